The van der Waals surface area contributed by atoms with Crippen molar-refractivity contribution in [1.29, 1.82) is 0 Å². The minimum Gasteiger partial charge on any atom is -0.452 e. The number of nitrogens with zero attached hydrogens (tertiary/aromatic N) is 4. The minimum absolute atomic E-state index is 0.103. The molecule has 16 heteroatoms. The van der Waals surface area contributed by atoms with E-state index in [4.69, 9.17) is 18.7 Å². The maximum Gasteiger partial charge on any atom is 0.338 e. The molecule has 1 fully saturated rings. The Morgan fingerprint density at radius 3 is 1.94 bits per heavy atom. The zero-order valence-electron chi connectivity index (χ0n) is 24.2. The van der Waals surface area contributed by atoms with Gasteiger partial charge in [-0.3, -0.25) is 9.36 Å². The number of hydrogen-bond donors (Lipinski definition) is 3. The number of aromatic nitrogens is 4. The van der Waals surface area contributed by atoms with Crippen LogP contribution in [0.15, 0.2) is 104 Å². The number of esters is 2. The molecule has 47 heavy (non-hydrogen) atoms. The molecule has 2 aromatic heterocycles. The van der Waals surface area contributed by atoms with Crippen LogP contribution in [0.3, 0.4) is 0 Å². The fourth-order valence-electron chi connectivity index (χ4n) is 4.94. The molecule has 3 N–H and O–H groups in total. The smallest absolute Gasteiger partial charge is 0.338 e. The quantitative estimate of drug-likeness (QED) is 0.144. The molecule has 6 rings (SSSR count). The number of amides is 1. The van der Waals surface area contributed by atoms with Gasteiger partial charge in [0.1, 0.15) is 12.4 Å². The van der Waals surface area contributed by atoms with Crippen LogP contribution in [-0.2, 0) is 30.5 Å². The summed E-state index contributed by atoms with van der Waals surface area (Å²) in [7, 11) is 0. The average Bonchev–Trinajstić information content (AvgIpc) is 3.66. The maximum absolute atomic E-state index is 13.4. The van der Waals surface area contributed by atoms with E-state index in [0.717, 1.165) is 0 Å². The number of carbonyl (C=O) groups is 3. The summed E-state index contributed by atoms with van der Waals surface area (Å²) in [6.07, 6.45) is -2.57. The second-order valence-corrected chi connectivity index (χ2v) is 12.9. The monoisotopic (exact) mass is 675 g/mol. The third kappa shape index (κ3) is 7.41. The normalized spacial score (nSPS) is 19.3. The fourth-order valence-corrected chi connectivity index (χ4v) is 5.46. The molecular weight excluding hydrogens is 649 g/mol. The summed E-state index contributed by atoms with van der Waals surface area (Å²) in [6.45, 7) is -4.71. The van der Waals surface area contributed by atoms with Crippen molar-refractivity contribution in [3.8, 4) is 0 Å². The number of benzene rings is 3. The number of fused-ring (bicyclic) bond motifs is 1. The molecule has 0 spiro atoms. The van der Waals surface area contributed by atoms with Gasteiger partial charge in [-0.15, -0.1) is 0 Å². The molecule has 1 saturated heterocycles. The summed E-state index contributed by atoms with van der Waals surface area (Å²) in [5.41, 5.74) is 1.18. The standard InChI is InChI=1S/C31H26N5O9PS/c37-28(19-10-4-1-5-11-19)35-26-23-27(33-17-32-26)36(18-34-23)29-25(45-31(39)21-14-8-3-9-15-21)24(22(43-29)16-42-46(40,41)47)44-30(38)20-12-6-2-7-13-20/h1-15,17-18,22,24-25,29H,16H2,(H2,40,41,47)(H,32,33,35,37)/t22-,24-,25-,29-/m1/s1. The van der Waals surface area contributed by atoms with Gasteiger partial charge in [0.05, 0.1) is 24.1 Å². The van der Waals surface area contributed by atoms with Crippen molar-refractivity contribution in [1.82, 2.24) is 19.5 Å². The highest BCUT2D eigenvalue weighted by atomic mass is 32.5. The van der Waals surface area contributed by atoms with Gasteiger partial charge in [0.25, 0.3) is 5.91 Å². The van der Waals surface area contributed by atoms with Gasteiger partial charge < -0.3 is 33.8 Å². The number of carbonyl (C=O) groups excluding carboxylic acids is 3. The molecule has 0 aliphatic carbocycles. The van der Waals surface area contributed by atoms with Crippen molar-refractivity contribution in [2.24, 2.45) is 0 Å². The second kappa shape index (κ2) is 13.8. The lowest BCUT2D eigenvalue weighted by atomic mass is 10.1. The highest BCUT2D eigenvalue weighted by molar-refractivity contribution is 8.06. The maximum atomic E-state index is 13.4. The van der Waals surface area contributed by atoms with Crippen LogP contribution in [0.2, 0.25) is 0 Å². The average molecular weight is 676 g/mol. The Bertz CT molecular complexity index is 1940. The number of anilines is 1. The van der Waals surface area contributed by atoms with Crippen LogP contribution < -0.4 is 5.32 Å². The van der Waals surface area contributed by atoms with Crippen molar-refractivity contribution in [2.45, 2.75) is 24.5 Å². The zero-order valence-corrected chi connectivity index (χ0v) is 25.9. The first kappa shape index (κ1) is 32.1. The Hall–Kier alpha value is -4.89. The number of ether oxygens (including phenoxy) is 3. The molecule has 0 bridgehead atoms. The molecular formula is C31H26N5O9PS. The van der Waals surface area contributed by atoms with Crippen LogP contribution in [0.4, 0.5) is 5.82 Å². The van der Waals surface area contributed by atoms with E-state index in [2.05, 4.69) is 32.1 Å². The van der Waals surface area contributed by atoms with Crippen LogP contribution in [-0.4, -0.2) is 72.1 Å². The van der Waals surface area contributed by atoms with Crippen molar-refractivity contribution < 1.29 is 42.9 Å². The second-order valence-electron chi connectivity index (χ2n) is 10.2. The predicted molar refractivity (Wildman–Crippen MR) is 170 cm³/mol. The molecule has 240 valence electrons. The zero-order chi connectivity index (χ0) is 33.0. The Morgan fingerprint density at radius 1 is 0.809 bits per heavy atom. The molecule has 1 aliphatic heterocycles. The van der Waals surface area contributed by atoms with Gasteiger partial charge in [-0.1, -0.05) is 54.6 Å². The lowest BCUT2D eigenvalue weighted by Crippen LogP contribution is -2.41. The number of hydrogen-bond acceptors (Lipinski definition) is 11. The van der Waals surface area contributed by atoms with Crippen LogP contribution in [0, 0.1) is 0 Å². The summed E-state index contributed by atoms with van der Waals surface area (Å²) in [5, 5.41) is 2.72. The lowest BCUT2D eigenvalue weighted by Gasteiger charge is -2.25. The largest absolute Gasteiger partial charge is 0.452 e. The number of rotatable bonds is 10. The first-order valence-electron chi connectivity index (χ1n) is 14.1. The first-order valence-corrected chi connectivity index (χ1v) is 16.7. The van der Waals surface area contributed by atoms with Gasteiger partial charge in [0, 0.05) is 5.56 Å². The summed E-state index contributed by atoms with van der Waals surface area (Å²) in [4.78, 5) is 72.0. The van der Waals surface area contributed by atoms with Gasteiger partial charge in [0.2, 0.25) is 0 Å². The van der Waals surface area contributed by atoms with Gasteiger partial charge in [0.15, 0.2) is 35.4 Å². The van der Waals surface area contributed by atoms with Crippen molar-refractivity contribution in [2.75, 3.05) is 11.9 Å². The molecule has 3 heterocycles. The SMILES string of the molecule is O=C(Nc1ncnc2c1ncn2[C@@H]1O[C@H](COP(O)(O)=S)[C@@H](OC(=O)c2ccccc2)[C@H]1OC(=O)c1ccccc1)c1ccccc1. The minimum atomic E-state index is -4.17. The topological polar surface area (TPSA) is 184 Å². The van der Waals surface area contributed by atoms with Crippen LogP contribution in [0.25, 0.3) is 11.2 Å². The third-order valence-corrected chi connectivity index (χ3v) is 7.90. The Balaban J connectivity index is 1.38. The summed E-state index contributed by atoms with van der Waals surface area (Å²) < 4.78 is 24.6. The molecule has 14 nitrogen and oxygen atoms in total. The van der Waals surface area contributed by atoms with E-state index in [1.165, 1.54) is 17.2 Å². The molecule has 4 atom stereocenters. The van der Waals surface area contributed by atoms with Crippen molar-refractivity contribution in [3.63, 3.8) is 0 Å². The van der Waals surface area contributed by atoms with Crippen LogP contribution >= 0.6 is 6.72 Å². The van der Waals surface area contributed by atoms with Crippen LogP contribution in [0.5, 0.6) is 0 Å². The van der Waals surface area contributed by atoms with E-state index in [0.29, 0.717) is 5.56 Å². The number of imidazole rings is 1. The Labute approximate surface area is 272 Å². The third-order valence-electron chi connectivity index (χ3n) is 7.10. The Kier molecular flexibility index (Phi) is 9.45. The van der Waals surface area contributed by atoms with E-state index >= 15 is 0 Å². The molecule has 3 aromatic carbocycles. The van der Waals surface area contributed by atoms with E-state index < -0.39 is 55.7 Å². The van der Waals surface area contributed by atoms with E-state index in [1.807, 2.05) is 0 Å². The first-order chi connectivity index (χ1) is 22.7. The highest BCUT2D eigenvalue weighted by Crippen LogP contribution is 2.41. The molecule has 0 unspecified atom stereocenters. The molecule has 1 amide bonds. The van der Waals surface area contributed by atoms with E-state index in [-0.39, 0.29) is 28.1 Å². The summed E-state index contributed by atoms with van der Waals surface area (Å²) in [6, 6.07) is 24.8. The van der Waals surface area contributed by atoms with Crippen molar-refractivity contribution in [3.05, 3.63) is 120 Å². The molecule has 1 aliphatic rings. The van der Waals surface area contributed by atoms with Gasteiger partial charge in [-0.05, 0) is 48.2 Å². The van der Waals surface area contributed by atoms with Crippen LogP contribution in [0.1, 0.15) is 37.3 Å². The van der Waals surface area contributed by atoms with E-state index in [1.54, 1.807) is 91.0 Å². The molecule has 0 saturated carbocycles. The lowest BCUT2D eigenvalue weighted by molar-refractivity contribution is -0.0548. The van der Waals surface area contributed by atoms with Gasteiger partial charge in [-0.2, -0.15) is 0 Å². The summed E-state index contributed by atoms with van der Waals surface area (Å²) >= 11 is 4.63. The molecule has 0 radical (unpaired) electrons. The Morgan fingerprint density at radius 2 is 1.36 bits per heavy atom. The number of nitrogens with one attached hydrogen (secondary N) is 1. The van der Waals surface area contributed by atoms with Gasteiger partial charge >= 0.3 is 18.7 Å². The fraction of sp³-hybridized carbons (Fsp3) is 0.161. The van der Waals surface area contributed by atoms with Gasteiger partial charge in [-0.25, -0.2) is 24.5 Å². The highest BCUT2D eigenvalue weighted by Gasteiger charge is 2.51. The molecule has 5 aromatic rings. The summed E-state index contributed by atoms with van der Waals surface area (Å²) in [5.74, 6) is -1.84. The van der Waals surface area contributed by atoms with E-state index in [9.17, 15) is 24.2 Å². The van der Waals surface area contributed by atoms with Crippen molar-refractivity contribution >= 4 is 53.4 Å². The predicted octanol–water partition coefficient (Wildman–Crippen LogP) is 3.65.